The first-order valence-corrected chi connectivity index (χ1v) is 7.53. The molecular formula is C17H15N5O. The Morgan fingerprint density at radius 2 is 1.96 bits per heavy atom. The minimum absolute atomic E-state index is 0.268. The molecule has 1 aliphatic heterocycles. The Balaban J connectivity index is 1.53. The molecule has 4 rings (SSSR count). The Kier molecular flexibility index (Phi) is 3.34. The number of nitrogens with one attached hydrogen (secondary N) is 1. The summed E-state index contributed by atoms with van der Waals surface area (Å²) in [5.74, 6) is 0.885. The summed E-state index contributed by atoms with van der Waals surface area (Å²) in [6.07, 6.45) is 8.60. The minimum Gasteiger partial charge on any atom is -0.328 e. The van der Waals surface area contributed by atoms with Gasteiger partial charge in [-0.1, -0.05) is 12.1 Å². The molecular weight excluding hydrogens is 290 g/mol. The average Bonchev–Trinajstić information content (AvgIpc) is 3.20. The van der Waals surface area contributed by atoms with Crippen LogP contribution in [0.1, 0.15) is 22.7 Å². The smallest absolute Gasteiger partial charge is 0.275 e. The van der Waals surface area contributed by atoms with Gasteiger partial charge in [0.25, 0.3) is 5.91 Å². The number of aryl methyl sites for hydroxylation is 1. The van der Waals surface area contributed by atoms with E-state index in [1.165, 1.54) is 18.6 Å². The van der Waals surface area contributed by atoms with Gasteiger partial charge in [0.1, 0.15) is 11.5 Å². The van der Waals surface area contributed by atoms with Gasteiger partial charge >= 0.3 is 0 Å². The maximum atomic E-state index is 12.1. The Bertz CT molecular complexity index is 839. The molecule has 1 aromatic carbocycles. The van der Waals surface area contributed by atoms with E-state index in [4.69, 9.17) is 0 Å². The summed E-state index contributed by atoms with van der Waals surface area (Å²) in [5.41, 5.74) is 3.25. The van der Waals surface area contributed by atoms with Gasteiger partial charge < -0.3 is 9.88 Å². The first-order valence-electron chi connectivity index (χ1n) is 7.53. The van der Waals surface area contributed by atoms with E-state index < -0.39 is 0 Å². The highest BCUT2D eigenvalue weighted by Gasteiger charge is 2.16. The van der Waals surface area contributed by atoms with Gasteiger partial charge in [-0.05, 0) is 24.1 Å². The second kappa shape index (κ2) is 5.64. The molecule has 23 heavy (non-hydrogen) atoms. The number of aromatic nitrogens is 4. The summed E-state index contributed by atoms with van der Waals surface area (Å²) in [6.45, 7) is 1.02. The van der Waals surface area contributed by atoms with Gasteiger partial charge in [0, 0.05) is 31.0 Å². The molecule has 0 fully saturated rings. The van der Waals surface area contributed by atoms with Gasteiger partial charge in [0.2, 0.25) is 0 Å². The van der Waals surface area contributed by atoms with E-state index in [2.05, 4.69) is 24.8 Å². The Morgan fingerprint density at radius 3 is 2.74 bits per heavy atom. The van der Waals surface area contributed by atoms with Gasteiger partial charge in [-0.15, -0.1) is 0 Å². The molecule has 0 bridgehead atoms. The third-order valence-electron chi connectivity index (χ3n) is 3.95. The molecule has 0 atom stereocenters. The van der Waals surface area contributed by atoms with Crippen molar-refractivity contribution < 1.29 is 4.79 Å². The number of benzene rings is 1. The first kappa shape index (κ1) is 13.6. The number of hydrogen-bond acceptors (Lipinski definition) is 4. The van der Waals surface area contributed by atoms with Gasteiger partial charge in [-0.3, -0.25) is 9.78 Å². The van der Waals surface area contributed by atoms with E-state index in [0.717, 1.165) is 42.2 Å². The Morgan fingerprint density at radius 1 is 1.09 bits per heavy atom. The van der Waals surface area contributed by atoms with E-state index in [0.29, 0.717) is 5.69 Å². The zero-order chi connectivity index (χ0) is 15.6. The lowest BCUT2D eigenvalue weighted by Gasteiger charge is -2.07. The number of hydrogen-bond donors (Lipinski definition) is 1. The highest BCUT2D eigenvalue weighted by molar-refractivity contribution is 6.02. The largest absolute Gasteiger partial charge is 0.328 e. The molecule has 0 aliphatic carbocycles. The number of imidazole rings is 1. The van der Waals surface area contributed by atoms with Crippen LogP contribution in [0.3, 0.4) is 0 Å². The zero-order valence-electron chi connectivity index (χ0n) is 12.4. The fraction of sp³-hybridized carbons (Fsp3) is 0.176. The summed E-state index contributed by atoms with van der Waals surface area (Å²) < 4.78 is 2.26. The lowest BCUT2D eigenvalue weighted by Crippen LogP contribution is -2.13. The van der Waals surface area contributed by atoms with E-state index in [1.807, 2.05) is 30.5 Å². The molecule has 1 aliphatic rings. The molecule has 0 saturated heterocycles. The molecule has 3 heterocycles. The summed E-state index contributed by atoms with van der Waals surface area (Å²) in [7, 11) is 0. The fourth-order valence-corrected chi connectivity index (χ4v) is 2.82. The Hall–Kier alpha value is -3.02. The number of carbonyl (C=O) groups is 1. The van der Waals surface area contributed by atoms with Crippen LogP contribution < -0.4 is 5.32 Å². The lowest BCUT2D eigenvalue weighted by molar-refractivity contribution is 0.102. The molecule has 0 spiro atoms. The van der Waals surface area contributed by atoms with E-state index in [-0.39, 0.29) is 5.91 Å². The number of anilines is 1. The van der Waals surface area contributed by atoms with Gasteiger partial charge in [0.05, 0.1) is 18.1 Å². The molecule has 114 valence electrons. The van der Waals surface area contributed by atoms with Crippen molar-refractivity contribution in [1.82, 2.24) is 19.5 Å². The van der Waals surface area contributed by atoms with Crippen molar-refractivity contribution in [3.8, 4) is 11.3 Å². The highest BCUT2D eigenvalue weighted by atomic mass is 16.1. The average molecular weight is 305 g/mol. The van der Waals surface area contributed by atoms with Crippen molar-refractivity contribution in [3.05, 3.63) is 60.6 Å². The van der Waals surface area contributed by atoms with Crippen LogP contribution in [0.2, 0.25) is 0 Å². The zero-order valence-corrected chi connectivity index (χ0v) is 12.4. The number of nitrogens with zero attached hydrogens (tertiary/aromatic N) is 4. The predicted octanol–water partition coefficient (Wildman–Crippen LogP) is 2.54. The predicted molar refractivity (Wildman–Crippen MR) is 86.0 cm³/mol. The van der Waals surface area contributed by atoms with Crippen molar-refractivity contribution in [1.29, 1.82) is 0 Å². The first-order chi connectivity index (χ1) is 11.3. The monoisotopic (exact) mass is 305 g/mol. The van der Waals surface area contributed by atoms with Crippen LogP contribution >= 0.6 is 0 Å². The highest BCUT2D eigenvalue weighted by Crippen LogP contribution is 2.26. The summed E-state index contributed by atoms with van der Waals surface area (Å²) in [4.78, 5) is 24.4. The third kappa shape index (κ3) is 2.59. The van der Waals surface area contributed by atoms with Crippen LogP contribution in [0.5, 0.6) is 0 Å². The Labute approximate surface area is 133 Å². The summed E-state index contributed by atoms with van der Waals surface area (Å²) >= 11 is 0. The van der Waals surface area contributed by atoms with Crippen LogP contribution in [-0.4, -0.2) is 25.4 Å². The van der Waals surface area contributed by atoms with Crippen LogP contribution in [0.4, 0.5) is 5.69 Å². The molecule has 6 nitrogen and oxygen atoms in total. The SMILES string of the molecule is O=C(Nc1ccc(-c2cnc3n2CCC3)cc1)c1cnccn1. The van der Waals surface area contributed by atoms with Crippen LogP contribution in [0, 0.1) is 0 Å². The molecule has 6 heteroatoms. The molecule has 0 unspecified atom stereocenters. The summed E-state index contributed by atoms with van der Waals surface area (Å²) in [6, 6.07) is 7.76. The van der Waals surface area contributed by atoms with Crippen molar-refractivity contribution in [2.24, 2.45) is 0 Å². The van der Waals surface area contributed by atoms with Crippen molar-refractivity contribution in [2.45, 2.75) is 19.4 Å². The topological polar surface area (TPSA) is 72.7 Å². The quantitative estimate of drug-likeness (QED) is 0.807. The number of fused-ring (bicyclic) bond motifs is 1. The normalized spacial score (nSPS) is 12.9. The summed E-state index contributed by atoms with van der Waals surface area (Å²) in [5, 5.41) is 2.82. The number of carbonyl (C=O) groups excluding carboxylic acids is 1. The van der Waals surface area contributed by atoms with E-state index in [1.54, 1.807) is 0 Å². The minimum atomic E-state index is -0.268. The molecule has 0 saturated carbocycles. The van der Waals surface area contributed by atoms with Gasteiger partial charge in [0.15, 0.2) is 0 Å². The van der Waals surface area contributed by atoms with Crippen molar-refractivity contribution in [3.63, 3.8) is 0 Å². The molecule has 1 amide bonds. The van der Waals surface area contributed by atoms with E-state index >= 15 is 0 Å². The van der Waals surface area contributed by atoms with E-state index in [9.17, 15) is 4.79 Å². The van der Waals surface area contributed by atoms with Crippen LogP contribution in [-0.2, 0) is 13.0 Å². The molecule has 2 aromatic heterocycles. The van der Waals surface area contributed by atoms with Crippen molar-refractivity contribution >= 4 is 11.6 Å². The standard InChI is InChI=1S/C17H15N5O/c23-17(14-10-18-7-8-19-14)21-13-5-3-12(4-6-13)15-11-20-16-2-1-9-22(15)16/h3-8,10-11H,1-2,9H2,(H,21,23). The number of amides is 1. The number of rotatable bonds is 3. The molecule has 3 aromatic rings. The van der Waals surface area contributed by atoms with Crippen molar-refractivity contribution in [2.75, 3.05) is 5.32 Å². The van der Waals surface area contributed by atoms with Gasteiger partial charge in [-0.25, -0.2) is 9.97 Å². The molecule has 1 N–H and O–H groups in total. The third-order valence-corrected chi connectivity index (χ3v) is 3.95. The lowest BCUT2D eigenvalue weighted by atomic mass is 10.1. The van der Waals surface area contributed by atoms with Crippen LogP contribution in [0.25, 0.3) is 11.3 Å². The van der Waals surface area contributed by atoms with Gasteiger partial charge in [-0.2, -0.15) is 0 Å². The second-order valence-electron chi connectivity index (χ2n) is 5.44. The fourth-order valence-electron chi connectivity index (χ4n) is 2.82. The maximum Gasteiger partial charge on any atom is 0.275 e. The maximum absolute atomic E-state index is 12.1. The van der Waals surface area contributed by atoms with Crippen LogP contribution in [0.15, 0.2) is 49.1 Å². The second-order valence-corrected chi connectivity index (χ2v) is 5.44. The molecule has 0 radical (unpaired) electrons.